The minimum atomic E-state index is -0.928. The van der Waals surface area contributed by atoms with Crippen LogP contribution in [0.2, 0.25) is 0 Å². The molecule has 0 aliphatic carbocycles. The van der Waals surface area contributed by atoms with Crippen LogP contribution in [0.3, 0.4) is 0 Å². The van der Waals surface area contributed by atoms with Crippen molar-refractivity contribution in [1.82, 2.24) is 0 Å². The Hall–Kier alpha value is -1.84. The third kappa shape index (κ3) is 4.13. The van der Waals surface area contributed by atoms with Gasteiger partial charge in [0.1, 0.15) is 5.75 Å². The Kier molecular flexibility index (Phi) is 4.51. The van der Waals surface area contributed by atoms with Gasteiger partial charge in [-0.25, -0.2) is 0 Å². The number of para-hydroxylation sites is 1. The fourth-order valence-electron chi connectivity index (χ4n) is 1.26. The summed E-state index contributed by atoms with van der Waals surface area (Å²) >= 11 is 0. The van der Waals surface area contributed by atoms with Gasteiger partial charge in [-0.05, 0) is 19.1 Å². The molecule has 0 radical (unpaired) electrons. The molecule has 1 aromatic rings. The topological polar surface area (TPSA) is 63.6 Å². The summed E-state index contributed by atoms with van der Waals surface area (Å²) in [6, 6.07) is 8.90. The zero-order chi connectivity index (χ0) is 12.0. The summed E-state index contributed by atoms with van der Waals surface area (Å²) in [5, 5.41) is 8.54. The van der Waals surface area contributed by atoms with Gasteiger partial charge in [0.05, 0.1) is 0 Å². The highest BCUT2D eigenvalue weighted by molar-refractivity contribution is 5.81. The first-order chi connectivity index (χ1) is 7.59. The fraction of sp³-hybridized carbons (Fsp3) is 0.333. The van der Waals surface area contributed by atoms with Crippen LogP contribution in [0.4, 0.5) is 0 Å². The summed E-state index contributed by atoms with van der Waals surface area (Å²) < 4.78 is 5.41. The first-order valence-corrected chi connectivity index (χ1v) is 5.03. The molecule has 1 aromatic carbocycles. The molecular formula is C12H14O4. The summed E-state index contributed by atoms with van der Waals surface area (Å²) in [4.78, 5) is 21.7. The molecule has 0 fully saturated rings. The number of benzene rings is 1. The number of hydrogen-bond donors (Lipinski definition) is 1. The van der Waals surface area contributed by atoms with Gasteiger partial charge < -0.3 is 9.84 Å². The second kappa shape index (κ2) is 5.90. The number of aliphatic carboxylic acids is 1. The van der Waals surface area contributed by atoms with Crippen molar-refractivity contribution < 1.29 is 19.4 Å². The molecule has 1 rings (SSSR count). The lowest BCUT2D eigenvalue weighted by Crippen LogP contribution is -2.25. The summed E-state index contributed by atoms with van der Waals surface area (Å²) in [6.45, 7) is 1.40. The molecule has 16 heavy (non-hydrogen) atoms. The summed E-state index contributed by atoms with van der Waals surface area (Å²) in [5.74, 6) is -0.513. The zero-order valence-electron chi connectivity index (χ0n) is 9.05. The second-order valence-electron chi connectivity index (χ2n) is 3.46. The molecule has 0 aliphatic rings. The van der Waals surface area contributed by atoms with Crippen LogP contribution in [0.1, 0.15) is 19.8 Å². The van der Waals surface area contributed by atoms with E-state index in [-0.39, 0.29) is 18.6 Å². The van der Waals surface area contributed by atoms with E-state index >= 15 is 0 Å². The Morgan fingerprint density at radius 2 is 1.94 bits per heavy atom. The molecule has 0 amide bonds. The lowest BCUT2D eigenvalue weighted by Gasteiger charge is -2.15. The Balaban J connectivity index is 2.58. The highest BCUT2D eigenvalue weighted by Crippen LogP contribution is 2.14. The monoisotopic (exact) mass is 222 g/mol. The first-order valence-electron chi connectivity index (χ1n) is 5.03. The van der Waals surface area contributed by atoms with Crippen molar-refractivity contribution >= 4 is 11.8 Å². The Morgan fingerprint density at radius 1 is 1.31 bits per heavy atom. The van der Waals surface area contributed by atoms with Crippen LogP contribution < -0.4 is 4.74 Å². The number of carbonyl (C=O) groups excluding carboxylic acids is 1. The van der Waals surface area contributed by atoms with Gasteiger partial charge in [0.2, 0.25) is 0 Å². The lowest BCUT2D eigenvalue weighted by molar-refractivity contribution is -0.137. The Bertz CT molecular complexity index is 359. The van der Waals surface area contributed by atoms with Crippen molar-refractivity contribution in [3.63, 3.8) is 0 Å². The second-order valence-corrected chi connectivity index (χ2v) is 3.46. The number of carbonyl (C=O) groups is 2. The van der Waals surface area contributed by atoms with Crippen LogP contribution in [-0.2, 0) is 9.59 Å². The van der Waals surface area contributed by atoms with Crippen LogP contribution in [0.25, 0.3) is 0 Å². The van der Waals surface area contributed by atoms with Crippen LogP contribution in [0.5, 0.6) is 5.75 Å². The molecule has 1 unspecified atom stereocenters. The molecule has 4 heteroatoms. The number of carboxylic acid groups (broad SMARTS) is 1. The number of Topliss-reactive ketones (excluding diaryl/α,β-unsaturated/α-hetero) is 1. The highest BCUT2D eigenvalue weighted by Gasteiger charge is 2.17. The smallest absolute Gasteiger partial charge is 0.303 e. The Morgan fingerprint density at radius 3 is 2.44 bits per heavy atom. The third-order valence-corrected chi connectivity index (χ3v) is 2.10. The molecule has 0 heterocycles. The van der Waals surface area contributed by atoms with Crippen molar-refractivity contribution in [2.45, 2.75) is 25.9 Å². The molecule has 4 nitrogen and oxygen atoms in total. The highest BCUT2D eigenvalue weighted by atomic mass is 16.5. The fourth-order valence-corrected chi connectivity index (χ4v) is 1.26. The quantitative estimate of drug-likeness (QED) is 0.798. The van der Waals surface area contributed by atoms with Gasteiger partial charge in [-0.2, -0.15) is 0 Å². The van der Waals surface area contributed by atoms with E-state index < -0.39 is 12.1 Å². The van der Waals surface area contributed by atoms with Crippen molar-refractivity contribution in [3.05, 3.63) is 30.3 Å². The summed E-state index contributed by atoms with van der Waals surface area (Å²) in [7, 11) is 0. The van der Waals surface area contributed by atoms with E-state index in [1.807, 2.05) is 6.07 Å². The number of hydrogen-bond acceptors (Lipinski definition) is 3. The van der Waals surface area contributed by atoms with Gasteiger partial charge in [0.25, 0.3) is 0 Å². The predicted octanol–water partition coefficient (Wildman–Crippen LogP) is 1.89. The molecule has 0 aromatic heterocycles. The normalized spacial score (nSPS) is 11.8. The van der Waals surface area contributed by atoms with E-state index in [2.05, 4.69) is 0 Å². The van der Waals surface area contributed by atoms with Crippen LogP contribution >= 0.6 is 0 Å². The van der Waals surface area contributed by atoms with Gasteiger partial charge >= 0.3 is 5.97 Å². The van der Waals surface area contributed by atoms with E-state index in [0.29, 0.717) is 5.75 Å². The van der Waals surface area contributed by atoms with E-state index in [9.17, 15) is 9.59 Å². The zero-order valence-corrected chi connectivity index (χ0v) is 9.05. The van der Waals surface area contributed by atoms with Gasteiger partial charge in [-0.3, -0.25) is 9.59 Å². The first kappa shape index (κ1) is 12.2. The number of ketones is 1. The summed E-state index contributed by atoms with van der Waals surface area (Å²) in [6.07, 6.45) is -0.560. The number of ether oxygens (including phenoxy) is 1. The van der Waals surface area contributed by atoms with Crippen LogP contribution in [-0.4, -0.2) is 23.0 Å². The maximum atomic E-state index is 11.2. The van der Waals surface area contributed by atoms with E-state index in [4.69, 9.17) is 9.84 Å². The molecule has 0 aliphatic heterocycles. The summed E-state index contributed by atoms with van der Waals surface area (Å²) in [5.41, 5.74) is 0. The molecule has 1 atom stereocenters. The van der Waals surface area contributed by atoms with Gasteiger partial charge in [-0.15, -0.1) is 0 Å². The molecular weight excluding hydrogens is 208 g/mol. The van der Waals surface area contributed by atoms with Crippen molar-refractivity contribution in [3.8, 4) is 5.75 Å². The van der Waals surface area contributed by atoms with E-state index in [0.717, 1.165) is 0 Å². The maximum Gasteiger partial charge on any atom is 0.303 e. The average Bonchev–Trinajstić information content (AvgIpc) is 2.25. The maximum absolute atomic E-state index is 11.2. The standard InChI is InChI=1S/C12H14O4/c1-9(13)11(7-8-12(14)15)16-10-5-3-2-4-6-10/h2-6,11H,7-8H2,1H3,(H,14,15). The minimum Gasteiger partial charge on any atom is -0.483 e. The molecule has 1 N–H and O–H groups in total. The van der Waals surface area contributed by atoms with Crippen LogP contribution in [0.15, 0.2) is 30.3 Å². The lowest BCUT2D eigenvalue weighted by atomic mass is 10.1. The van der Waals surface area contributed by atoms with Crippen molar-refractivity contribution in [2.75, 3.05) is 0 Å². The van der Waals surface area contributed by atoms with E-state index in [1.165, 1.54) is 6.92 Å². The molecule has 0 saturated carbocycles. The van der Waals surface area contributed by atoms with Crippen LogP contribution in [0, 0.1) is 0 Å². The largest absolute Gasteiger partial charge is 0.483 e. The number of rotatable bonds is 6. The Labute approximate surface area is 93.9 Å². The SMILES string of the molecule is CC(=O)C(CCC(=O)O)Oc1ccccc1. The van der Waals surface area contributed by atoms with Gasteiger partial charge in [0, 0.05) is 12.8 Å². The molecule has 0 bridgehead atoms. The molecule has 0 spiro atoms. The third-order valence-electron chi connectivity index (χ3n) is 2.10. The minimum absolute atomic E-state index is 0.0723. The van der Waals surface area contributed by atoms with Crippen molar-refractivity contribution in [2.24, 2.45) is 0 Å². The van der Waals surface area contributed by atoms with Crippen molar-refractivity contribution in [1.29, 1.82) is 0 Å². The molecule has 86 valence electrons. The number of carboxylic acids is 1. The average molecular weight is 222 g/mol. The van der Waals surface area contributed by atoms with E-state index in [1.54, 1.807) is 24.3 Å². The molecule has 0 saturated heterocycles. The van der Waals surface area contributed by atoms with Gasteiger partial charge in [0.15, 0.2) is 11.9 Å². The van der Waals surface area contributed by atoms with Gasteiger partial charge in [-0.1, -0.05) is 18.2 Å². The predicted molar refractivity (Wildman–Crippen MR) is 58.4 cm³/mol.